The Morgan fingerprint density at radius 1 is 1.50 bits per heavy atom. The highest BCUT2D eigenvalue weighted by molar-refractivity contribution is 6.30. The fraction of sp³-hybridized carbons (Fsp3) is 0.562. The second kappa shape index (κ2) is 6.59. The Bertz CT molecular complexity index is 477. The molecule has 3 unspecified atom stereocenters. The number of piperidine rings is 1. The molecule has 2 rings (SSSR count). The number of amides is 1. The molecule has 20 heavy (non-hydrogen) atoms. The van der Waals surface area contributed by atoms with Gasteiger partial charge in [0.15, 0.2) is 0 Å². The Kier molecular flexibility index (Phi) is 5.06. The quantitative estimate of drug-likeness (QED) is 0.928. The number of hydrogen-bond acceptors (Lipinski definition) is 2. The molecule has 0 aromatic heterocycles. The zero-order valence-electron chi connectivity index (χ0n) is 12.4. The first kappa shape index (κ1) is 15.3. The smallest absolute Gasteiger partial charge is 0.240 e. The van der Waals surface area contributed by atoms with Crippen molar-refractivity contribution in [2.75, 3.05) is 13.6 Å². The molecule has 1 aliphatic heterocycles. The number of rotatable bonds is 3. The molecular formula is C16H23ClN2O. The average Bonchev–Trinajstić information content (AvgIpc) is 2.45. The van der Waals surface area contributed by atoms with Crippen LogP contribution in [-0.2, 0) is 4.79 Å². The van der Waals surface area contributed by atoms with Crippen molar-refractivity contribution in [2.24, 2.45) is 5.92 Å². The maximum atomic E-state index is 12.6. The summed E-state index contributed by atoms with van der Waals surface area (Å²) in [6.45, 7) is 5.11. The van der Waals surface area contributed by atoms with Gasteiger partial charge in [0.2, 0.25) is 5.91 Å². The largest absolute Gasteiger partial charge is 0.338 e. The summed E-state index contributed by atoms with van der Waals surface area (Å²) in [4.78, 5) is 14.5. The Hall–Kier alpha value is -1.06. The lowest BCUT2D eigenvalue weighted by Gasteiger charge is -2.35. The lowest BCUT2D eigenvalue weighted by atomic mass is 9.91. The minimum absolute atomic E-state index is 0.0251. The maximum Gasteiger partial charge on any atom is 0.240 e. The van der Waals surface area contributed by atoms with Gasteiger partial charge in [-0.25, -0.2) is 0 Å². The molecule has 1 aromatic carbocycles. The molecule has 0 saturated carbocycles. The van der Waals surface area contributed by atoms with Crippen LogP contribution in [0.1, 0.15) is 38.3 Å². The van der Waals surface area contributed by atoms with Gasteiger partial charge in [-0.1, -0.05) is 30.7 Å². The summed E-state index contributed by atoms with van der Waals surface area (Å²) >= 11 is 6.03. The number of carbonyl (C=O) groups excluding carboxylic acids is 1. The van der Waals surface area contributed by atoms with E-state index in [2.05, 4.69) is 12.2 Å². The fourth-order valence-corrected chi connectivity index (χ4v) is 2.98. The SMILES string of the molecule is CC1CCCNC1C(=O)N(C)C(C)c1cccc(Cl)c1. The molecule has 0 bridgehead atoms. The second-order valence-corrected chi connectivity index (χ2v) is 6.17. The first-order chi connectivity index (χ1) is 9.50. The van der Waals surface area contributed by atoms with Gasteiger partial charge in [-0.15, -0.1) is 0 Å². The Balaban J connectivity index is 2.09. The van der Waals surface area contributed by atoms with Gasteiger partial charge in [-0.05, 0) is 49.9 Å². The van der Waals surface area contributed by atoms with Gasteiger partial charge in [-0.3, -0.25) is 4.79 Å². The molecule has 4 heteroatoms. The fourth-order valence-electron chi connectivity index (χ4n) is 2.78. The van der Waals surface area contributed by atoms with Crippen LogP contribution in [-0.4, -0.2) is 30.4 Å². The minimum atomic E-state index is -0.0598. The van der Waals surface area contributed by atoms with E-state index < -0.39 is 0 Å². The molecule has 0 spiro atoms. The van der Waals surface area contributed by atoms with Crippen molar-refractivity contribution in [1.29, 1.82) is 0 Å². The van der Waals surface area contributed by atoms with Crippen molar-refractivity contribution in [3.63, 3.8) is 0 Å². The highest BCUT2D eigenvalue weighted by atomic mass is 35.5. The third-order valence-corrected chi connectivity index (χ3v) is 4.53. The molecule has 3 atom stereocenters. The van der Waals surface area contributed by atoms with Crippen LogP contribution < -0.4 is 5.32 Å². The molecule has 1 aliphatic rings. The van der Waals surface area contributed by atoms with Gasteiger partial charge in [0.1, 0.15) is 0 Å². The highest BCUT2D eigenvalue weighted by Crippen LogP contribution is 2.24. The highest BCUT2D eigenvalue weighted by Gasteiger charge is 2.31. The number of likely N-dealkylation sites (N-methyl/N-ethyl adjacent to an activating group) is 1. The summed E-state index contributed by atoms with van der Waals surface area (Å²) in [5.41, 5.74) is 1.07. The number of hydrogen-bond donors (Lipinski definition) is 1. The van der Waals surface area contributed by atoms with Crippen LogP contribution in [0.4, 0.5) is 0 Å². The summed E-state index contributed by atoms with van der Waals surface area (Å²) in [7, 11) is 1.87. The third kappa shape index (κ3) is 3.33. The molecule has 1 N–H and O–H groups in total. The Morgan fingerprint density at radius 2 is 2.25 bits per heavy atom. The Morgan fingerprint density at radius 3 is 2.90 bits per heavy atom. The van der Waals surface area contributed by atoms with Gasteiger partial charge in [0, 0.05) is 12.1 Å². The molecular weight excluding hydrogens is 272 g/mol. The van der Waals surface area contributed by atoms with Gasteiger partial charge in [-0.2, -0.15) is 0 Å². The lowest BCUT2D eigenvalue weighted by Crippen LogP contribution is -2.51. The van der Waals surface area contributed by atoms with Crippen LogP contribution >= 0.6 is 11.6 Å². The lowest BCUT2D eigenvalue weighted by molar-refractivity contribution is -0.135. The van der Waals surface area contributed by atoms with E-state index in [1.54, 1.807) is 0 Å². The first-order valence-electron chi connectivity index (χ1n) is 7.26. The van der Waals surface area contributed by atoms with Gasteiger partial charge in [0.05, 0.1) is 12.1 Å². The van der Waals surface area contributed by atoms with Gasteiger partial charge >= 0.3 is 0 Å². The molecule has 1 aromatic rings. The summed E-state index contributed by atoms with van der Waals surface area (Å²) in [6, 6.07) is 7.68. The zero-order valence-corrected chi connectivity index (χ0v) is 13.2. The van der Waals surface area contributed by atoms with E-state index in [1.165, 1.54) is 0 Å². The molecule has 1 heterocycles. The first-order valence-corrected chi connectivity index (χ1v) is 7.64. The van der Waals surface area contributed by atoms with Gasteiger partial charge < -0.3 is 10.2 Å². The minimum Gasteiger partial charge on any atom is -0.338 e. The van der Waals surface area contributed by atoms with E-state index in [4.69, 9.17) is 11.6 Å². The van der Waals surface area contributed by atoms with Crippen molar-refractivity contribution >= 4 is 17.5 Å². The number of nitrogens with one attached hydrogen (secondary N) is 1. The predicted octanol–water partition coefficient (Wildman–Crippen LogP) is 3.25. The third-order valence-electron chi connectivity index (χ3n) is 4.30. The summed E-state index contributed by atoms with van der Waals surface area (Å²) < 4.78 is 0. The molecule has 0 radical (unpaired) electrons. The number of carbonyl (C=O) groups is 1. The van der Waals surface area contributed by atoms with Crippen molar-refractivity contribution in [3.05, 3.63) is 34.9 Å². The number of benzene rings is 1. The number of nitrogens with zero attached hydrogens (tertiary/aromatic N) is 1. The monoisotopic (exact) mass is 294 g/mol. The summed E-state index contributed by atoms with van der Waals surface area (Å²) in [5, 5.41) is 4.06. The van der Waals surface area contributed by atoms with E-state index >= 15 is 0 Å². The van der Waals surface area contributed by atoms with Crippen LogP contribution in [0.15, 0.2) is 24.3 Å². The van der Waals surface area contributed by atoms with Crippen molar-refractivity contribution in [3.8, 4) is 0 Å². The predicted molar refractivity (Wildman–Crippen MR) is 82.8 cm³/mol. The van der Waals surface area contributed by atoms with E-state index in [0.29, 0.717) is 10.9 Å². The molecule has 1 saturated heterocycles. The maximum absolute atomic E-state index is 12.6. The van der Waals surface area contributed by atoms with Crippen LogP contribution in [0.25, 0.3) is 0 Å². The molecule has 1 amide bonds. The van der Waals surface area contributed by atoms with E-state index in [9.17, 15) is 4.79 Å². The van der Waals surface area contributed by atoms with Gasteiger partial charge in [0.25, 0.3) is 0 Å². The topological polar surface area (TPSA) is 32.3 Å². The standard InChI is InChI=1S/C16H23ClN2O/c1-11-6-5-9-18-15(11)16(20)19(3)12(2)13-7-4-8-14(17)10-13/h4,7-8,10-12,15,18H,5-6,9H2,1-3H3. The van der Waals surface area contributed by atoms with Crippen molar-refractivity contribution in [2.45, 2.75) is 38.8 Å². The second-order valence-electron chi connectivity index (χ2n) is 5.73. The van der Waals surface area contributed by atoms with Crippen LogP contribution in [0.5, 0.6) is 0 Å². The summed E-state index contributed by atoms with van der Waals surface area (Å²) in [6.07, 6.45) is 2.27. The molecule has 0 aliphatic carbocycles. The molecule has 3 nitrogen and oxygen atoms in total. The van der Waals surface area contributed by atoms with Crippen LogP contribution in [0.2, 0.25) is 5.02 Å². The van der Waals surface area contributed by atoms with Crippen LogP contribution in [0.3, 0.4) is 0 Å². The molecule has 110 valence electrons. The van der Waals surface area contributed by atoms with Crippen molar-refractivity contribution < 1.29 is 4.79 Å². The van der Waals surface area contributed by atoms with Crippen molar-refractivity contribution in [1.82, 2.24) is 10.2 Å². The zero-order chi connectivity index (χ0) is 14.7. The van der Waals surface area contributed by atoms with Crippen LogP contribution in [0, 0.1) is 5.92 Å². The van der Waals surface area contributed by atoms with E-state index in [0.717, 1.165) is 24.9 Å². The Labute approximate surface area is 126 Å². The van der Waals surface area contributed by atoms with E-state index in [1.807, 2.05) is 43.1 Å². The summed E-state index contributed by atoms with van der Waals surface area (Å²) in [5.74, 6) is 0.565. The average molecular weight is 295 g/mol. The molecule has 1 fully saturated rings. The normalized spacial score (nSPS) is 24.2. The van der Waals surface area contributed by atoms with E-state index in [-0.39, 0.29) is 18.0 Å². The number of halogens is 1.